The van der Waals surface area contributed by atoms with Crippen molar-refractivity contribution in [2.75, 3.05) is 36.5 Å². The van der Waals surface area contributed by atoms with Gasteiger partial charge in [-0.2, -0.15) is 4.98 Å². The van der Waals surface area contributed by atoms with Crippen LogP contribution < -0.4 is 10.2 Å². The summed E-state index contributed by atoms with van der Waals surface area (Å²) in [6.45, 7) is 2.88. The molecular weight excluding hydrogens is 352 g/mol. The summed E-state index contributed by atoms with van der Waals surface area (Å²) in [5.74, 6) is -0.395. The summed E-state index contributed by atoms with van der Waals surface area (Å²) < 4.78 is 34.4. The van der Waals surface area contributed by atoms with Gasteiger partial charge in [0.15, 0.2) is 0 Å². The highest BCUT2D eigenvalue weighted by atomic mass is 19.1. The smallest absolute Gasteiger partial charge is 0.246 e. The van der Waals surface area contributed by atoms with Crippen molar-refractivity contribution < 1.29 is 14.9 Å². The molecule has 0 unspecified atom stereocenters. The molecule has 0 bridgehead atoms. The topological polar surface area (TPSA) is 55.2 Å². The lowest BCUT2D eigenvalue weighted by Crippen LogP contribution is -2.26. The van der Waals surface area contributed by atoms with Crippen LogP contribution in [0, 0.1) is 11.6 Å². The number of anilines is 3. The van der Waals surface area contributed by atoms with Crippen LogP contribution in [-0.4, -0.2) is 41.1 Å². The maximum atomic E-state index is 14.1. The van der Waals surface area contributed by atoms with Crippen LogP contribution in [0.3, 0.4) is 0 Å². The van der Waals surface area contributed by atoms with Crippen molar-refractivity contribution in [3.05, 3.63) is 60.4 Å². The van der Waals surface area contributed by atoms with E-state index in [-0.39, 0.29) is 13.1 Å². The van der Waals surface area contributed by atoms with Crippen LogP contribution >= 0.6 is 0 Å². The van der Waals surface area contributed by atoms with Crippen molar-refractivity contribution in [3.8, 4) is 5.69 Å². The number of rotatable bonds is 4. The summed E-state index contributed by atoms with van der Waals surface area (Å²) >= 11 is 0. The highest BCUT2D eigenvalue weighted by Gasteiger charge is 2.13. The van der Waals surface area contributed by atoms with Gasteiger partial charge in [-0.05, 0) is 42.8 Å². The molecule has 3 aromatic rings. The van der Waals surface area contributed by atoms with Crippen LogP contribution in [0.15, 0.2) is 48.8 Å². The Labute approximate surface area is 156 Å². The summed E-state index contributed by atoms with van der Waals surface area (Å²) in [6.07, 6.45) is 2.38. The van der Waals surface area contributed by atoms with Gasteiger partial charge < -0.3 is 15.0 Å². The molecule has 142 valence electrons. The van der Waals surface area contributed by atoms with Crippen LogP contribution in [0.5, 0.6) is 0 Å². The van der Waals surface area contributed by atoms with E-state index in [1.807, 2.05) is 6.07 Å². The van der Waals surface area contributed by atoms with Gasteiger partial charge in [0.25, 0.3) is 0 Å². The third-order valence-corrected chi connectivity index (χ3v) is 4.29. The third-order valence-electron chi connectivity index (χ3n) is 4.29. The number of hydrogen-bond acceptors (Lipinski definition) is 5. The molecule has 1 fully saturated rings. The van der Waals surface area contributed by atoms with Crippen molar-refractivity contribution in [1.29, 1.82) is 0 Å². The standard InChI is InChI=1S/C19H19F2N5O.H2/c20-14-3-1-4-17(10-14)26-13-22-19(24-26)23-16-9-15(21)11-18(12-16)25-5-2-7-27-8-6-25;/h1,3-4,9-13H,2,5-8H2,(H,23,24);1H. The Balaban J connectivity index is 0.00000225. The molecule has 2 aromatic carbocycles. The van der Waals surface area contributed by atoms with Crippen molar-refractivity contribution in [3.63, 3.8) is 0 Å². The Morgan fingerprint density at radius 2 is 1.89 bits per heavy atom. The van der Waals surface area contributed by atoms with E-state index in [1.165, 1.54) is 35.3 Å². The fraction of sp³-hybridized carbons (Fsp3) is 0.263. The van der Waals surface area contributed by atoms with E-state index in [0.717, 1.165) is 31.8 Å². The first-order valence-corrected chi connectivity index (χ1v) is 8.75. The zero-order valence-corrected chi connectivity index (χ0v) is 14.6. The second-order valence-electron chi connectivity index (χ2n) is 6.27. The maximum absolute atomic E-state index is 14.1. The molecule has 0 amide bonds. The van der Waals surface area contributed by atoms with Gasteiger partial charge in [-0.15, -0.1) is 5.10 Å². The SMILES string of the molecule is Fc1cc(Nc2ncn(-c3cccc(F)c3)n2)cc(N2CCCOCC2)c1.[HH]. The Morgan fingerprint density at radius 3 is 2.78 bits per heavy atom. The predicted octanol–water partition coefficient (Wildman–Crippen LogP) is 3.76. The molecule has 0 radical (unpaired) electrons. The Morgan fingerprint density at radius 1 is 1.00 bits per heavy atom. The lowest BCUT2D eigenvalue weighted by Gasteiger charge is -2.22. The van der Waals surface area contributed by atoms with E-state index >= 15 is 0 Å². The molecule has 1 aromatic heterocycles. The fourth-order valence-corrected chi connectivity index (χ4v) is 3.03. The van der Waals surface area contributed by atoms with E-state index in [2.05, 4.69) is 20.3 Å². The number of aromatic nitrogens is 3. The van der Waals surface area contributed by atoms with E-state index in [4.69, 9.17) is 4.74 Å². The van der Waals surface area contributed by atoms with E-state index in [0.29, 0.717) is 23.9 Å². The predicted molar refractivity (Wildman–Crippen MR) is 101 cm³/mol. The summed E-state index contributed by atoms with van der Waals surface area (Å²) in [7, 11) is 0. The van der Waals surface area contributed by atoms with Crippen molar-refractivity contribution >= 4 is 17.3 Å². The molecule has 4 rings (SSSR count). The number of ether oxygens (including phenoxy) is 1. The lowest BCUT2D eigenvalue weighted by atomic mass is 10.2. The number of nitrogens with zero attached hydrogens (tertiary/aromatic N) is 4. The second kappa shape index (κ2) is 7.71. The molecular formula is C19H21F2N5O. The molecule has 1 saturated heterocycles. The van der Waals surface area contributed by atoms with Crippen LogP contribution in [0.2, 0.25) is 0 Å². The first kappa shape index (κ1) is 17.4. The summed E-state index contributed by atoms with van der Waals surface area (Å²) in [5.41, 5.74) is 1.89. The fourth-order valence-electron chi connectivity index (χ4n) is 3.03. The van der Waals surface area contributed by atoms with E-state index in [9.17, 15) is 8.78 Å². The zero-order chi connectivity index (χ0) is 18.6. The van der Waals surface area contributed by atoms with Crippen LogP contribution in [0.4, 0.5) is 26.1 Å². The van der Waals surface area contributed by atoms with Crippen molar-refractivity contribution in [2.24, 2.45) is 0 Å². The van der Waals surface area contributed by atoms with Crippen LogP contribution in [-0.2, 0) is 4.74 Å². The van der Waals surface area contributed by atoms with E-state index in [1.54, 1.807) is 12.1 Å². The second-order valence-corrected chi connectivity index (χ2v) is 6.27. The lowest BCUT2D eigenvalue weighted by molar-refractivity contribution is 0.152. The molecule has 0 aliphatic carbocycles. The minimum atomic E-state index is -0.353. The van der Waals surface area contributed by atoms with Crippen LogP contribution in [0.25, 0.3) is 5.69 Å². The van der Waals surface area contributed by atoms with Gasteiger partial charge in [-0.3, -0.25) is 0 Å². The Hall–Kier alpha value is -3.00. The minimum absolute atomic E-state index is 0. The molecule has 0 atom stereocenters. The maximum Gasteiger partial charge on any atom is 0.246 e. The first-order chi connectivity index (χ1) is 13.2. The van der Waals surface area contributed by atoms with Gasteiger partial charge in [0.1, 0.15) is 18.0 Å². The van der Waals surface area contributed by atoms with Gasteiger partial charge >= 0.3 is 0 Å². The molecule has 8 heteroatoms. The summed E-state index contributed by atoms with van der Waals surface area (Å²) in [6, 6.07) is 10.8. The van der Waals surface area contributed by atoms with E-state index < -0.39 is 0 Å². The number of benzene rings is 2. The number of halogens is 2. The zero-order valence-electron chi connectivity index (χ0n) is 14.6. The Bertz CT molecular complexity index is 928. The summed E-state index contributed by atoms with van der Waals surface area (Å²) in [4.78, 5) is 6.26. The van der Waals surface area contributed by atoms with Crippen LogP contribution in [0.1, 0.15) is 7.85 Å². The molecule has 0 spiro atoms. The highest BCUT2D eigenvalue weighted by molar-refractivity contribution is 5.62. The average molecular weight is 373 g/mol. The van der Waals surface area contributed by atoms with Crippen molar-refractivity contribution in [1.82, 2.24) is 14.8 Å². The van der Waals surface area contributed by atoms with Crippen molar-refractivity contribution in [2.45, 2.75) is 6.42 Å². The molecule has 6 nitrogen and oxygen atoms in total. The quantitative estimate of drug-likeness (QED) is 0.755. The molecule has 2 heterocycles. The van der Waals surface area contributed by atoms with Gasteiger partial charge in [-0.25, -0.2) is 13.5 Å². The van der Waals surface area contributed by atoms with Gasteiger partial charge in [0.2, 0.25) is 5.95 Å². The Kier molecular flexibility index (Phi) is 4.97. The summed E-state index contributed by atoms with van der Waals surface area (Å²) in [5, 5.41) is 7.29. The normalized spacial score (nSPS) is 14.8. The molecule has 1 N–H and O–H groups in total. The first-order valence-electron chi connectivity index (χ1n) is 8.75. The third kappa shape index (κ3) is 4.22. The number of hydrogen-bond donors (Lipinski definition) is 1. The monoisotopic (exact) mass is 373 g/mol. The minimum Gasteiger partial charge on any atom is -0.380 e. The van der Waals surface area contributed by atoms with Gasteiger partial charge in [-0.1, -0.05) is 6.07 Å². The van der Waals surface area contributed by atoms with Gasteiger partial charge in [0, 0.05) is 32.5 Å². The molecule has 1 aliphatic heterocycles. The van der Waals surface area contributed by atoms with Gasteiger partial charge in [0.05, 0.1) is 12.3 Å². The highest BCUT2D eigenvalue weighted by Crippen LogP contribution is 2.24. The molecule has 0 saturated carbocycles. The molecule has 27 heavy (non-hydrogen) atoms. The molecule has 1 aliphatic rings. The number of nitrogens with one attached hydrogen (secondary N) is 1. The largest absolute Gasteiger partial charge is 0.380 e. The average Bonchev–Trinajstić information content (AvgIpc) is 2.94.